The molecule has 2 N–H and O–H groups in total. The zero-order valence-corrected chi connectivity index (χ0v) is 17.6. The van der Waals surface area contributed by atoms with Gasteiger partial charge in [0, 0.05) is 31.7 Å². The summed E-state index contributed by atoms with van der Waals surface area (Å²) in [6.45, 7) is 13.9. The third-order valence-electron chi connectivity index (χ3n) is 4.16. The molecule has 0 aromatic rings. The maximum Gasteiger partial charge on any atom is 0.310 e. The van der Waals surface area contributed by atoms with E-state index < -0.39 is 0 Å². The summed E-state index contributed by atoms with van der Waals surface area (Å²) in [4.78, 5) is 18.5. The highest BCUT2D eigenvalue weighted by molar-refractivity contribution is 14.0. The van der Waals surface area contributed by atoms with Gasteiger partial charge in [-0.25, -0.2) is 0 Å². The van der Waals surface area contributed by atoms with Crippen LogP contribution in [0.5, 0.6) is 0 Å². The maximum atomic E-state index is 11.5. The largest absolute Gasteiger partial charge is 0.469 e. The summed E-state index contributed by atoms with van der Waals surface area (Å²) >= 11 is 0. The normalized spacial score (nSPS) is 23.3. The summed E-state index contributed by atoms with van der Waals surface area (Å²) in [5, 5.41) is 6.76. The second-order valence-electron chi connectivity index (χ2n) is 6.42. The van der Waals surface area contributed by atoms with Gasteiger partial charge in [0.2, 0.25) is 0 Å². The fourth-order valence-electron chi connectivity index (χ4n) is 2.61. The van der Waals surface area contributed by atoms with E-state index in [-0.39, 0.29) is 35.9 Å². The van der Waals surface area contributed by atoms with Gasteiger partial charge in [0.15, 0.2) is 5.96 Å². The molecule has 6 nitrogen and oxygen atoms in total. The molecule has 0 amide bonds. The van der Waals surface area contributed by atoms with Crippen molar-refractivity contribution in [2.45, 2.75) is 46.7 Å². The van der Waals surface area contributed by atoms with E-state index in [0.29, 0.717) is 24.5 Å². The van der Waals surface area contributed by atoms with Gasteiger partial charge in [-0.3, -0.25) is 14.7 Å². The van der Waals surface area contributed by atoms with Gasteiger partial charge in [0.25, 0.3) is 0 Å². The highest BCUT2D eigenvalue weighted by Gasteiger charge is 2.31. The molecule has 0 spiro atoms. The van der Waals surface area contributed by atoms with Gasteiger partial charge in [0.05, 0.1) is 19.6 Å². The number of methoxy groups -OCH3 is 1. The van der Waals surface area contributed by atoms with Crippen molar-refractivity contribution in [1.82, 2.24) is 15.5 Å². The number of nitrogens with one attached hydrogen (secondary N) is 2. The molecule has 0 bridgehead atoms. The summed E-state index contributed by atoms with van der Waals surface area (Å²) in [5.41, 5.74) is 0. The number of carbonyl (C=O) groups excluding carboxylic acids is 1. The van der Waals surface area contributed by atoms with Crippen LogP contribution in [-0.4, -0.2) is 62.2 Å². The molecular weight excluding hydrogens is 407 g/mol. The molecule has 0 saturated carbocycles. The molecule has 7 heteroatoms. The summed E-state index contributed by atoms with van der Waals surface area (Å²) in [5.74, 6) is 0.901. The van der Waals surface area contributed by atoms with Crippen LogP contribution in [-0.2, 0) is 9.53 Å². The fourth-order valence-corrected chi connectivity index (χ4v) is 2.61. The Bertz CT molecular complexity index is 390. The number of hydrogen-bond donors (Lipinski definition) is 2. The average molecular weight is 440 g/mol. The van der Waals surface area contributed by atoms with Crippen molar-refractivity contribution in [2.75, 3.05) is 33.3 Å². The van der Waals surface area contributed by atoms with Gasteiger partial charge in [-0.1, -0.05) is 13.8 Å². The van der Waals surface area contributed by atoms with Gasteiger partial charge in [-0.15, -0.1) is 24.0 Å². The van der Waals surface area contributed by atoms with E-state index >= 15 is 0 Å². The van der Waals surface area contributed by atoms with E-state index in [2.05, 4.69) is 41.3 Å². The SMILES string of the molecule is CCNC(=NCC(C)C(=O)OC)NC1CN(C(C)C)CC1C.I. The minimum Gasteiger partial charge on any atom is -0.469 e. The Labute approximate surface area is 157 Å². The maximum absolute atomic E-state index is 11.5. The number of carbonyl (C=O) groups is 1. The molecule has 1 fully saturated rings. The Morgan fingerprint density at radius 3 is 2.48 bits per heavy atom. The van der Waals surface area contributed by atoms with Gasteiger partial charge < -0.3 is 15.4 Å². The van der Waals surface area contributed by atoms with Crippen LogP contribution in [0.4, 0.5) is 0 Å². The molecule has 0 aromatic carbocycles. The number of hydrogen-bond acceptors (Lipinski definition) is 4. The Morgan fingerprint density at radius 1 is 1.35 bits per heavy atom. The highest BCUT2D eigenvalue weighted by Crippen LogP contribution is 2.18. The summed E-state index contributed by atoms with van der Waals surface area (Å²) < 4.78 is 4.74. The van der Waals surface area contributed by atoms with Crippen molar-refractivity contribution in [1.29, 1.82) is 0 Å². The quantitative estimate of drug-likeness (QED) is 0.285. The van der Waals surface area contributed by atoms with Crippen LogP contribution in [0.15, 0.2) is 4.99 Å². The molecule has 0 radical (unpaired) electrons. The Hall–Kier alpha value is -0.570. The van der Waals surface area contributed by atoms with Crippen LogP contribution in [0.2, 0.25) is 0 Å². The second kappa shape index (κ2) is 11.1. The topological polar surface area (TPSA) is 66.0 Å². The lowest BCUT2D eigenvalue weighted by atomic mass is 10.1. The van der Waals surface area contributed by atoms with E-state index in [1.54, 1.807) is 0 Å². The van der Waals surface area contributed by atoms with Crippen LogP contribution in [0.1, 0.15) is 34.6 Å². The number of esters is 1. The molecule has 1 aliphatic rings. The molecule has 1 rings (SSSR count). The number of nitrogens with zero attached hydrogens (tertiary/aromatic N) is 2. The number of rotatable bonds is 6. The standard InChI is InChI=1S/C16H32N4O2.HI/c1-7-17-16(18-8-12(4)15(21)22-6)19-14-10-20(11(2)3)9-13(14)5;/h11-14H,7-10H2,1-6H3,(H2,17,18,19);1H. The molecule has 136 valence electrons. The molecule has 0 aliphatic carbocycles. The van der Waals surface area contributed by atoms with E-state index in [1.807, 2.05) is 13.8 Å². The van der Waals surface area contributed by atoms with Crippen molar-refractivity contribution in [3.05, 3.63) is 0 Å². The summed E-state index contributed by atoms with van der Waals surface area (Å²) in [6, 6.07) is 0.946. The predicted octanol–water partition coefficient (Wildman–Crippen LogP) is 1.70. The van der Waals surface area contributed by atoms with Crippen molar-refractivity contribution in [2.24, 2.45) is 16.8 Å². The number of ether oxygens (including phenoxy) is 1. The average Bonchev–Trinajstić information content (AvgIpc) is 2.85. The number of guanidine groups is 1. The minimum absolute atomic E-state index is 0. The predicted molar refractivity (Wildman–Crippen MR) is 105 cm³/mol. The molecule has 1 heterocycles. The van der Waals surface area contributed by atoms with Crippen molar-refractivity contribution >= 4 is 35.9 Å². The van der Waals surface area contributed by atoms with E-state index in [0.717, 1.165) is 25.6 Å². The fraction of sp³-hybridized carbons (Fsp3) is 0.875. The Balaban J connectivity index is 0.00000484. The lowest BCUT2D eigenvalue weighted by Gasteiger charge is -2.22. The van der Waals surface area contributed by atoms with Gasteiger partial charge >= 0.3 is 5.97 Å². The molecule has 1 aliphatic heterocycles. The zero-order valence-electron chi connectivity index (χ0n) is 15.3. The first-order chi connectivity index (χ1) is 10.4. The number of aliphatic imine (C=N–C) groups is 1. The van der Waals surface area contributed by atoms with Crippen LogP contribution >= 0.6 is 24.0 Å². The van der Waals surface area contributed by atoms with Gasteiger partial charge in [-0.2, -0.15) is 0 Å². The Morgan fingerprint density at radius 2 is 2.00 bits per heavy atom. The van der Waals surface area contributed by atoms with E-state index in [1.165, 1.54) is 7.11 Å². The van der Waals surface area contributed by atoms with E-state index in [4.69, 9.17) is 4.74 Å². The van der Waals surface area contributed by atoms with Crippen molar-refractivity contribution in [3.63, 3.8) is 0 Å². The molecule has 1 saturated heterocycles. The third kappa shape index (κ3) is 7.24. The lowest BCUT2D eigenvalue weighted by molar-refractivity contribution is -0.144. The summed E-state index contributed by atoms with van der Waals surface area (Å²) in [7, 11) is 1.41. The minimum atomic E-state index is -0.228. The lowest BCUT2D eigenvalue weighted by Crippen LogP contribution is -2.47. The monoisotopic (exact) mass is 440 g/mol. The van der Waals surface area contributed by atoms with Crippen LogP contribution < -0.4 is 10.6 Å². The number of likely N-dealkylation sites (tertiary alicyclic amines) is 1. The van der Waals surface area contributed by atoms with Gasteiger partial charge in [0.1, 0.15) is 0 Å². The first-order valence-electron chi connectivity index (χ1n) is 8.25. The first-order valence-corrected chi connectivity index (χ1v) is 8.25. The molecule has 0 aromatic heterocycles. The molecule has 23 heavy (non-hydrogen) atoms. The number of halogens is 1. The third-order valence-corrected chi connectivity index (χ3v) is 4.16. The smallest absolute Gasteiger partial charge is 0.310 e. The molecular formula is C16H33IN4O2. The Kier molecular flexibility index (Phi) is 10.8. The highest BCUT2D eigenvalue weighted by atomic mass is 127. The van der Waals surface area contributed by atoms with Crippen molar-refractivity contribution < 1.29 is 9.53 Å². The van der Waals surface area contributed by atoms with Crippen LogP contribution in [0.3, 0.4) is 0 Å². The zero-order chi connectivity index (χ0) is 16.7. The molecule has 3 unspecified atom stereocenters. The van der Waals surface area contributed by atoms with Crippen LogP contribution in [0, 0.1) is 11.8 Å². The van der Waals surface area contributed by atoms with Crippen LogP contribution in [0.25, 0.3) is 0 Å². The van der Waals surface area contributed by atoms with Gasteiger partial charge in [-0.05, 0) is 26.7 Å². The van der Waals surface area contributed by atoms with Crippen molar-refractivity contribution in [3.8, 4) is 0 Å². The first kappa shape index (κ1) is 22.4. The summed E-state index contributed by atoms with van der Waals surface area (Å²) in [6.07, 6.45) is 0. The second-order valence-corrected chi connectivity index (χ2v) is 6.42. The van der Waals surface area contributed by atoms with E-state index in [9.17, 15) is 4.79 Å². The molecule has 3 atom stereocenters.